The van der Waals surface area contributed by atoms with Crippen LogP contribution in [0.1, 0.15) is 23.2 Å². The summed E-state index contributed by atoms with van der Waals surface area (Å²) in [5.74, 6) is -0.446. The topological polar surface area (TPSA) is 72.6 Å². The molecule has 0 saturated carbocycles. The molecule has 2 rings (SSSR count). The van der Waals surface area contributed by atoms with Crippen LogP contribution in [0, 0.1) is 0 Å². The molecule has 1 saturated heterocycles. The summed E-state index contributed by atoms with van der Waals surface area (Å²) in [7, 11) is 0. The molecule has 19 heavy (non-hydrogen) atoms. The van der Waals surface area contributed by atoms with Gasteiger partial charge in [-0.2, -0.15) is 0 Å². The van der Waals surface area contributed by atoms with Gasteiger partial charge in [-0.1, -0.05) is 17.7 Å². The number of benzene rings is 1. The zero-order valence-electron chi connectivity index (χ0n) is 10.3. The lowest BCUT2D eigenvalue weighted by molar-refractivity contribution is 0.0422. The van der Waals surface area contributed by atoms with Crippen molar-refractivity contribution in [2.75, 3.05) is 13.2 Å². The molecule has 1 heterocycles. The molecule has 0 aliphatic carbocycles. The van der Waals surface area contributed by atoms with E-state index in [0.717, 1.165) is 12.8 Å². The first-order valence-corrected chi connectivity index (χ1v) is 6.44. The summed E-state index contributed by atoms with van der Waals surface area (Å²) >= 11 is 5.80. The van der Waals surface area contributed by atoms with Gasteiger partial charge in [-0.05, 0) is 31.0 Å². The van der Waals surface area contributed by atoms with Crippen LogP contribution in [0.3, 0.4) is 0 Å². The van der Waals surface area contributed by atoms with Crippen LogP contribution in [-0.4, -0.2) is 36.1 Å². The van der Waals surface area contributed by atoms with Crippen molar-refractivity contribution in [3.8, 4) is 0 Å². The fourth-order valence-electron chi connectivity index (χ4n) is 2.17. The zero-order valence-corrected chi connectivity index (χ0v) is 11.1. The van der Waals surface area contributed by atoms with Crippen molar-refractivity contribution in [3.63, 3.8) is 0 Å². The molecule has 1 unspecified atom stereocenters. The van der Waals surface area contributed by atoms with E-state index in [1.54, 1.807) is 24.3 Å². The quantitative estimate of drug-likeness (QED) is 0.862. The Kier molecular flexibility index (Phi) is 4.27. The first-order valence-electron chi connectivity index (χ1n) is 6.06. The normalized spacial score (nSPS) is 18.4. The number of ether oxygens (including phenoxy) is 1. The average Bonchev–Trinajstić information content (AvgIpc) is 2.84. The number of amides is 2. The molecule has 0 aromatic heterocycles. The summed E-state index contributed by atoms with van der Waals surface area (Å²) in [6.45, 7) is 0.781. The second-order valence-electron chi connectivity index (χ2n) is 4.44. The van der Waals surface area contributed by atoms with E-state index in [0.29, 0.717) is 17.1 Å². The van der Waals surface area contributed by atoms with Crippen molar-refractivity contribution in [1.29, 1.82) is 0 Å². The van der Waals surface area contributed by atoms with Crippen LogP contribution in [0.25, 0.3) is 0 Å². The number of esters is 1. The molecule has 5 nitrogen and oxygen atoms in total. The van der Waals surface area contributed by atoms with Crippen LogP contribution >= 0.6 is 11.6 Å². The second-order valence-corrected chi connectivity index (χ2v) is 4.87. The third kappa shape index (κ3) is 3.38. The number of carbonyl (C=O) groups excluding carboxylic acids is 2. The van der Waals surface area contributed by atoms with Gasteiger partial charge in [-0.15, -0.1) is 0 Å². The van der Waals surface area contributed by atoms with E-state index in [-0.39, 0.29) is 12.6 Å². The smallest absolute Gasteiger partial charge is 0.338 e. The Labute approximate surface area is 116 Å². The van der Waals surface area contributed by atoms with Crippen molar-refractivity contribution in [1.82, 2.24) is 4.90 Å². The highest BCUT2D eigenvalue weighted by molar-refractivity contribution is 6.30. The third-order valence-electron chi connectivity index (χ3n) is 3.13. The summed E-state index contributed by atoms with van der Waals surface area (Å²) in [6, 6.07) is 5.95. The highest BCUT2D eigenvalue weighted by Crippen LogP contribution is 2.18. The fraction of sp³-hybridized carbons (Fsp3) is 0.385. The molecule has 1 fully saturated rings. The summed E-state index contributed by atoms with van der Waals surface area (Å²) < 4.78 is 5.20. The van der Waals surface area contributed by atoms with Gasteiger partial charge < -0.3 is 15.4 Å². The molecule has 1 aliphatic heterocycles. The van der Waals surface area contributed by atoms with Crippen molar-refractivity contribution < 1.29 is 14.3 Å². The first-order chi connectivity index (χ1) is 9.08. The number of carbonyl (C=O) groups is 2. The minimum Gasteiger partial charge on any atom is -0.460 e. The first kappa shape index (κ1) is 13.7. The van der Waals surface area contributed by atoms with E-state index in [4.69, 9.17) is 22.1 Å². The minimum absolute atomic E-state index is 0.124. The highest BCUT2D eigenvalue weighted by Gasteiger charge is 2.28. The Balaban J connectivity index is 1.92. The Morgan fingerprint density at radius 3 is 2.95 bits per heavy atom. The summed E-state index contributed by atoms with van der Waals surface area (Å²) in [4.78, 5) is 24.5. The summed E-state index contributed by atoms with van der Waals surface area (Å²) in [6.07, 6.45) is 1.67. The minimum atomic E-state index is -0.471. The van der Waals surface area contributed by atoms with Crippen molar-refractivity contribution in [3.05, 3.63) is 34.9 Å². The van der Waals surface area contributed by atoms with Crippen molar-refractivity contribution >= 4 is 23.6 Å². The maximum absolute atomic E-state index is 11.8. The number of likely N-dealkylation sites (tertiary alicyclic amines) is 1. The third-order valence-corrected chi connectivity index (χ3v) is 3.36. The van der Waals surface area contributed by atoms with Gasteiger partial charge >= 0.3 is 12.0 Å². The lowest BCUT2D eigenvalue weighted by Crippen LogP contribution is -2.41. The number of hydrogen-bond acceptors (Lipinski definition) is 3. The Morgan fingerprint density at radius 1 is 1.47 bits per heavy atom. The average molecular weight is 283 g/mol. The molecule has 1 aromatic rings. The molecule has 0 radical (unpaired) electrons. The number of halogens is 1. The number of rotatable bonds is 3. The lowest BCUT2D eigenvalue weighted by Gasteiger charge is -2.22. The van der Waals surface area contributed by atoms with Gasteiger partial charge in [0.15, 0.2) is 0 Å². The highest BCUT2D eigenvalue weighted by atomic mass is 35.5. The van der Waals surface area contributed by atoms with Crippen LogP contribution < -0.4 is 5.73 Å². The molecule has 2 N–H and O–H groups in total. The maximum atomic E-state index is 11.8. The molecular weight excluding hydrogens is 268 g/mol. The van der Waals surface area contributed by atoms with E-state index >= 15 is 0 Å². The maximum Gasteiger partial charge on any atom is 0.338 e. The Morgan fingerprint density at radius 2 is 2.26 bits per heavy atom. The molecule has 1 aromatic carbocycles. The van der Waals surface area contributed by atoms with E-state index in [2.05, 4.69) is 0 Å². The van der Waals surface area contributed by atoms with Gasteiger partial charge in [0.1, 0.15) is 6.61 Å². The monoisotopic (exact) mass is 282 g/mol. The largest absolute Gasteiger partial charge is 0.460 e. The molecule has 0 spiro atoms. The lowest BCUT2D eigenvalue weighted by atomic mass is 10.2. The number of nitrogens with two attached hydrogens (primary N) is 1. The predicted molar refractivity (Wildman–Crippen MR) is 71.0 cm³/mol. The van der Waals surface area contributed by atoms with E-state index in [9.17, 15) is 9.59 Å². The summed E-state index contributed by atoms with van der Waals surface area (Å²) in [5, 5.41) is 0.481. The number of urea groups is 1. The van der Waals surface area contributed by atoms with Crippen molar-refractivity contribution in [2.24, 2.45) is 5.73 Å². The number of hydrogen-bond donors (Lipinski definition) is 1. The van der Waals surface area contributed by atoms with Crippen LogP contribution in [0.2, 0.25) is 5.02 Å². The predicted octanol–water partition coefficient (Wildman–Crippen LogP) is 2.04. The van der Waals surface area contributed by atoms with Crippen LogP contribution in [0.5, 0.6) is 0 Å². The van der Waals surface area contributed by atoms with Crippen LogP contribution in [-0.2, 0) is 4.74 Å². The van der Waals surface area contributed by atoms with Gasteiger partial charge in [-0.3, -0.25) is 0 Å². The Hall–Kier alpha value is -1.75. The SMILES string of the molecule is NC(=O)N1CCCC1COC(=O)c1cccc(Cl)c1. The number of nitrogens with zero attached hydrogens (tertiary/aromatic N) is 1. The van der Waals surface area contributed by atoms with Crippen molar-refractivity contribution in [2.45, 2.75) is 18.9 Å². The zero-order chi connectivity index (χ0) is 13.8. The van der Waals surface area contributed by atoms with Gasteiger partial charge in [0.25, 0.3) is 0 Å². The van der Waals surface area contributed by atoms with E-state index in [1.165, 1.54) is 4.90 Å². The summed E-state index contributed by atoms with van der Waals surface area (Å²) in [5.41, 5.74) is 5.65. The number of primary amides is 1. The Bertz CT molecular complexity index is 493. The van der Waals surface area contributed by atoms with Crippen LogP contribution in [0.15, 0.2) is 24.3 Å². The molecule has 2 amide bonds. The van der Waals surface area contributed by atoms with Gasteiger partial charge in [0.05, 0.1) is 11.6 Å². The second kappa shape index (κ2) is 5.93. The van der Waals surface area contributed by atoms with E-state index < -0.39 is 12.0 Å². The van der Waals surface area contributed by atoms with E-state index in [1.807, 2.05) is 0 Å². The molecule has 1 atom stereocenters. The molecule has 6 heteroatoms. The van der Waals surface area contributed by atoms with Gasteiger partial charge in [-0.25, -0.2) is 9.59 Å². The molecule has 0 bridgehead atoms. The van der Waals surface area contributed by atoms with Crippen LogP contribution in [0.4, 0.5) is 4.79 Å². The molecular formula is C13H15ClN2O3. The fourth-order valence-corrected chi connectivity index (χ4v) is 2.36. The van der Waals surface area contributed by atoms with Gasteiger partial charge in [0.2, 0.25) is 0 Å². The van der Waals surface area contributed by atoms with Gasteiger partial charge in [0, 0.05) is 11.6 Å². The standard InChI is InChI=1S/C13H15ClN2O3/c14-10-4-1-3-9(7-10)12(17)19-8-11-5-2-6-16(11)13(15)18/h1,3-4,7,11H,2,5-6,8H2,(H2,15,18). The molecule has 1 aliphatic rings. The molecule has 102 valence electrons.